The van der Waals surface area contributed by atoms with Gasteiger partial charge in [0.25, 0.3) is 5.91 Å². The van der Waals surface area contributed by atoms with Crippen molar-refractivity contribution in [2.45, 2.75) is 45.6 Å². The number of halogens is 2. The van der Waals surface area contributed by atoms with E-state index in [0.29, 0.717) is 15.5 Å². The zero-order chi connectivity index (χ0) is 14.0. The Morgan fingerprint density at radius 2 is 2.00 bits per heavy atom. The van der Waals surface area contributed by atoms with E-state index < -0.39 is 5.82 Å². The van der Waals surface area contributed by atoms with E-state index in [1.807, 2.05) is 0 Å². The summed E-state index contributed by atoms with van der Waals surface area (Å²) in [5.74, 6) is -0.589. The van der Waals surface area contributed by atoms with Crippen LogP contribution in [0.15, 0.2) is 22.7 Å². The van der Waals surface area contributed by atoms with Crippen molar-refractivity contribution in [2.75, 3.05) is 0 Å². The summed E-state index contributed by atoms with van der Waals surface area (Å²) in [5.41, 5.74) is 0.741. The summed E-state index contributed by atoms with van der Waals surface area (Å²) < 4.78 is 13.8. The monoisotopic (exact) mass is 327 g/mol. The van der Waals surface area contributed by atoms with Gasteiger partial charge in [-0.25, -0.2) is 4.39 Å². The zero-order valence-corrected chi connectivity index (χ0v) is 12.9. The molecule has 4 heteroatoms. The Hall–Kier alpha value is -0.900. The van der Waals surface area contributed by atoms with Gasteiger partial charge in [-0.15, -0.1) is 0 Å². The van der Waals surface area contributed by atoms with Crippen LogP contribution in [-0.4, -0.2) is 11.9 Å². The summed E-state index contributed by atoms with van der Waals surface area (Å²) in [6.45, 7) is 4.52. The third-order valence-electron chi connectivity index (χ3n) is 3.85. The van der Waals surface area contributed by atoms with Crippen LogP contribution in [0.3, 0.4) is 0 Å². The molecule has 0 aliphatic heterocycles. The molecule has 1 aliphatic rings. The maximum atomic E-state index is 13.2. The summed E-state index contributed by atoms with van der Waals surface area (Å²) in [4.78, 5) is 12.1. The van der Waals surface area contributed by atoms with Crippen LogP contribution >= 0.6 is 15.9 Å². The van der Waals surface area contributed by atoms with E-state index in [2.05, 4.69) is 35.1 Å². The molecule has 1 amide bonds. The largest absolute Gasteiger partial charge is 0.349 e. The van der Waals surface area contributed by atoms with Crippen LogP contribution in [0.1, 0.15) is 49.9 Å². The third-order valence-corrected chi connectivity index (χ3v) is 4.54. The van der Waals surface area contributed by atoms with Crippen molar-refractivity contribution < 1.29 is 9.18 Å². The topological polar surface area (TPSA) is 29.1 Å². The van der Waals surface area contributed by atoms with E-state index >= 15 is 0 Å². The van der Waals surface area contributed by atoms with Crippen LogP contribution in [-0.2, 0) is 0 Å². The minimum atomic E-state index is -0.391. The second kappa shape index (κ2) is 5.61. The SMILES string of the molecule is CC1(C)CCC(NC(=O)c2cc(F)ccc2Br)CC1. The van der Waals surface area contributed by atoms with Crippen LogP contribution in [0.4, 0.5) is 4.39 Å². The Labute approximate surface area is 121 Å². The highest BCUT2D eigenvalue weighted by atomic mass is 79.9. The standard InChI is InChI=1S/C15H19BrFNO/c1-15(2)7-5-11(6-8-15)18-14(19)12-9-10(17)3-4-13(12)16/h3-4,9,11H,5-8H2,1-2H3,(H,18,19). The van der Waals surface area contributed by atoms with E-state index in [0.717, 1.165) is 25.7 Å². The molecule has 1 fully saturated rings. The fourth-order valence-corrected chi connectivity index (χ4v) is 2.90. The minimum absolute atomic E-state index is 0.198. The molecule has 1 N–H and O–H groups in total. The van der Waals surface area contributed by atoms with Gasteiger partial charge in [0.05, 0.1) is 5.56 Å². The van der Waals surface area contributed by atoms with E-state index in [9.17, 15) is 9.18 Å². The number of carbonyl (C=O) groups excluding carboxylic acids is 1. The van der Waals surface area contributed by atoms with Gasteiger partial charge in [-0.3, -0.25) is 4.79 Å². The van der Waals surface area contributed by atoms with Gasteiger partial charge in [0.2, 0.25) is 0 Å². The summed E-state index contributed by atoms with van der Waals surface area (Å²) >= 11 is 3.29. The Morgan fingerprint density at radius 3 is 2.63 bits per heavy atom. The molecule has 2 nitrogen and oxygen atoms in total. The zero-order valence-electron chi connectivity index (χ0n) is 11.3. The van der Waals surface area contributed by atoms with Gasteiger partial charge >= 0.3 is 0 Å². The molecule has 1 aliphatic carbocycles. The first-order valence-electron chi connectivity index (χ1n) is 6.63. The van der Waals surface area contributed by atoms with E-state index in [1.165, 1.54) is 12.1 Å². The average molecular weight is 328 g/mol. The lowest BCUT2D eigenvalue weighted by atomic mass is 9.75. The summed E-state index contributed by atoms with van der Waals surface area (Å²) in [5, 5.41) is 3.01. The number of carbonyl (C=O) groups is 1. The van der Waals surface area contributed by atoms with Gasteiger partial charge in [-0.1, -0.05) is 13.8 Å². The fourth-order valence-electron chi connectivity index (χ4n) is 2.48. The number of rotatable bonds is 2. The first-order chi connectivity index (χ1) is 8.87. The molecule has 19 heavy (non-hydrogen) atoms. The van der Waals surface area contributed by atoms with Gasteiger partial charge in [-0.2, -0.15) is 0 Å². The molecule has 104 valence electrons. The fraction of sp³-hybridized carbons (Fsp3) is 0.533. The second-order valence-electron chi connectivity index (χ2n) is 6.04. The molecular formula is C15H19BrFNO. The lowest BCUT2D eigenvalue weighted by molar-refractivity contribution is 0.0908. The smallest absolute Gasteiger partial charge is 0.252 e. The van der Waals surface area contributed by atoms with Crippen molar-refractivity contribution in [3.8, 4) is 0 Å². The molecule has 0 atom stereocenters. The molecule has 0 saturated heterocycles. The third kappa shape index (κ3) is 3.78. The number of benzene rings is 1. The molecule has 1 saturated carbocycles. The van der Waals surface area contributed by atoms with Crippen molar-refractivity contribution in [3.05, 3.63) is 34.1 Å². The quantitative estimate of drug-likeness (QED) is 0.862. The van der Waals surface area contributed by atoms with Crippen molar-refractivity contribution in [1.82, 2.24) is 5.32 Å². The molecule has 2 rings (SSSR count). The summed E-state index contributed by atoms with van der Waals surface area (Å²) in [6.07, 6.45) is 4.21. The molecule has 0 heterocycles. The van der Waals surface area contributed by atoms with Crippen molar-refractivity contribution >= 4 is 21.8 Å². The number of nitrogens with one attached hydrogen (secondary N) is 1. The Bertz CT molecular complexity index is 477. The predicted octanol–water partition coefficient (Wildman–Crippen LogP) is 4.29. The van der Waals surface area contributed by atoms with E-state index in [-0.39, 0.29) is 11.9 Å². The van der Waals surface area contributed by atoms with Crippen LogP contribution in [0.5, 0.6) is 0 Å². The molecular weight excluding hydrogens is 309 g/mol. The number of amides is 1. The van der Waals surface area contributed by atoms with Crippen molar-refractivity contribution in [1.29, 1.82) is 0 Å². The molecule has 0 spiro atoms. The lowest BCUT2D eigenvalue weighted by Gasteiger charge is -2.34. The molecule has 0 unspecified atom stereocenters. The van der Waals surface area contributed by atoms with E-state index in [4.69, 9.17) is 0 Å². The Balaban J connectivity index is 2.00. The highest BCUT2D eigenvalue weighted by Gasteiger charge is 2.28. The number of hydrogen-bond acceptors (Lipinski definition) is 1. The van der Waals surface area contributed by atoms with Crippen LogP contribution in [0.2, 0.25) is 0 Å². The Morgan fingerprint density at radius 1 is 1.37 bits per heavy atom. The summed E-state index contributed by atoms with van der Waals surface area (Å²) in [6, 6.07) is 4.38. The average Bonchev–Trinajstić information content (AvgIpc) is 2.35. The van der Waals surface area contributed by atoms with Gasteiger partial charge in [0.1, 0.15) is 5.82 Å². The minimum Gasteiger partial charge on any atom is -0.349 e. The second-order valence-corrected chi connectivity index (χ2v) is 6.89. The molecule has 0 bridgehead atoms. The highest BCUT2D eigenvalue weighted by Crippen LogP contribution is 2.35. The maximum absolute atomic E-state index is 13.2. The highest BCUT2D eigenvalue weighted by molar-refractivity contribution is 9.10. The van der Waals surface area contributed by atoms with Gasteiger partial charge in [0.15, 0.2) is 0 Å². The molecule has 0 aromatic heterocycles. The summed E-state index contributed by atoms with van der Waals surface area (Å²) in [7, 11) is 0. The van der Waals surface area contributed by atoms with Crippen LogP contribution in [0.25, 0.3) is 0 Å². The molecule has 1 aromatic carbocycles. The van der Waals surface area contributed by atoms with E-state index in [1.54, 1.807) is 6.07 Å². The van der Waals surface area contributed by atoms with Crippen LogP contribution in [0, 0.1) is 11.2 Å². The first-order valence-corrected chi connectivity index (χ1v) is 7.43. The van der Waals surface area contributed by atoms with Gasteiger partial charge < -0.3 is 5.32 Å². The van der Waals surface area contributed by atoms with Gasteiger partial charge in [0, 0.05) is 10.5 Å². The molecule has 1 aromatic rings. The molecule has 0 radical (unpaired) electrons. The Kier molecular flexibility index (Phi) is 4.29. The number of hydrogen-bond donors (Lipinski definition) is 1. The predicted molar refractivity (Wildman–Crippen MR) is 77.6 cm³/mol. The van der Waals surface area contributed by atoms with Crippen molar-refractivity contribution in [2.24, 2.45) is 5.41 Å². The normalized spacial score (nSPS) is 19.2. The first kappa shape index (κ1) is 14.5. The van der Waals surface area contributed by atoms with Crippen LogP contribution < -0.4 is 5.32 Å². The van der Waals surface area contributed by atoms with Crippen molar-refractivity contribution in [3.63, 3.8) is 0 Å². The lowest BCUT2D eigenvalue weighted by Crippen LogP contribution is -2.39. The maximum Gasteiger partial charge on any atom is 0.252 e. The van der Waals surface area contributed by atoms with Gasteiger partial charge in [-0.05, 0) is 65.2 Å².